The first-order chi connectivity index (χ1) is 15.4. The summed E-state index contributed by atoms with van der Waals surface area (Å²) in [5.41, 5.74) is 0.972. The second-order valence-corrected chi connectivity index (χ2v) is 8.06. The van der Waals surface area contributed by atoms with Crippen LogP contribution in [0.3, 0.4) is 0 Å². The van der Waals surface area contributed by atoms with E-state index < -0.39 is 17.5 Å². The Labute approximate surface area is 187 Å². The van der Waals surface area contributed by atoms with Gasteiger partial charge in [0.05, 0.1) is 11.4 Å². The van der Waals surface area contributed by atoms with Crippen LogP contribution in [0.4, 0.5) is 14.5 Å². The topological polar surface area (TPSA) is 69.0 Å². The van der Waals surface area contributed by atoms with Crippen LogP contribution in [-0.2, 0) is 18.4 Å². The highest BCUT2D eigenvalue weighted by atomic mass is 32.2. The number of halogens is 2. The van der Waals surface area contributed by atoms with E-state index in [1.165, 1.54) is 6.07 Å². The molecule has 1 aromatic heterocycles. The Bertz CT molecular complexity index is 1290. The summed E-state index contributed by atoms with van der Waals surface area (Å²) in [4.78, 5) is 12.1. The molecule has 3 aromatic carbocycles. The van der Waals surface area contributed by atoms with Crippen molar-refractivity contribution in [3.05, 3.63) is 77.6 Å². The maximum absolute atomic E-state index is 13.7. The number of aryl methyl sites for hydroxylation is 1. The summed E-state index contributed by atoms with van der Waals surface area (Å²) < 4.78 is 34.4. The van der Waals surface area contributed by atoms with Gasteiger partial charge < -0.3 is 14.6 Å². The van der Waals surface area contributed by atoms with E-state index in [2.05, 4.69) is 27.6 Å². The van der Waals surface area contributed by atoms with Crippen molar-refractivity contribution in [3.8, 4) is 5.75 Å². The molecule has 6 nitrogen and oxygen atoms in total. The molecule has 32 heavy (non-hydrogen) atoms. The van der Waals surface area contributed by atoms with Crippen molar-refractivity contribution in [2.45, 2.75) is 18.7 Å². The maximum Gasteiger partial charge on any atom is 0.234 e. The van der Waals surface area contributed by atoms with Crippen LogP contribution in [0.1, 0.15) is 11.4 Å². The van der Waals surface area contributed by atoms with Crippen molar-refractivity contribution < 1.29 is 18.3 Å². The largest absolute Gasteiger partial charge is 0.485 e. The second-order valence-electron chi connectivity index (χ2n) is 7.12. The molecule has 1 amide bonds. The molecule has 0 aliphatic heterocycles. The molecule has 0 fully saturated rings. The Balaban J connectivity index is 1.36. The predicted octanol–water partition coefficient (Wildman–Crippen LogP) is 4.86. The fraction of sp³-hybridized carbons (Fsp3) is 0.174. The third-order valence-corrected chi connectivity index (χ3v) is 5.99. The number of hydrogen-bond donors (Lipinski definition) is 1. The molecule has 0 radical (unpaired) electrons. The number of amides is 1. The molecule has 0 aliphatic rings. The lowest BCUT2D eigenvalue weighted by molar-refractivity contribution is -0.113. The molecule has 1 N–H and O–H groups in total. The number of benzene rings is 3. The third-order valence-electron chi connectivity index (χ3n) is 4.97. The van der Waals surface area contributed by atoms with E-state index in [9.17, 15) is 13.6 Å². The monoisotopic (exact) mass is 454 g/mol. The lowest BCUT2D eigenvalue weighted by atomic mass is 10.0. The minimum atomic E-state index is -0.828. The number of nitrogens with zero attached hydrogens (tertiary/aromatic N) is 3. The van der Waals surface area contributed by atoms with Crippen molar-refractivity contribution in [2.24, 2.45) is 7.05 Å². The summed E-state index contributed by atoms with van der Waals surface area (Å²) in [5.74, 6) is -0.610. The van der Waals surface area contributed by atoms with Gasteiger partial charge in [0.1, 0.15) is 24.0 Å². The van der Waals surface area contributed by atoms with Crippen LogP contribution in [-0.4, -0.2) is 26.4 Å². The number of thioether (sulfide) groups is 1. The molecule has 0 saturated carbocycles. The Morgan fingerprint density at radius 3 is 2.75 bits per heavy atom. The van der Waals surface area contributed by atoms with E-state index in [0.29, 0.717) is 11.0 Å². The van der Waals surface area contributed by atoms with Gasteiger partial charge in [0, 0.05) is 13.1 Å². The quantitative estimate of drug-likeness (QED) is 0.404. The fourth-order valence-corrected chi connectivity index (χ4v) is 3.94. The molecule has 0 spiro atoms. The first-order valence-electron chi connectivity index (χ1n) is 9.79. The fourth-order valence-electron chi connectivity index (χ4n) is 3.21. The van der Waals surface area contributed by atoms with Crippen molar-refractivity contribution in [3.63, 3.8) is 0 Å². The Morgan fingerprint density at radius 2 is 1.94 bits per heavy atom. The van der Waals surface area contributed by atoms with Crippen LogP contribution >= 0.6 is 11.8 Å². The van der Waals surface area contributed by atoms with Crippen LogP contribution in [0.15, 0.2) is 59.8 Å². The number of carbonyl (C=O) groups is 1. The highest BCUT2D eigenvalue weighted by Gasteiger charge is 2.14. The van der Waals surface area contributed by atoms with Crippen molar-refractivity contribution >= 4 is 34.1 Å². The highest BCUT2D eigenvalue weighted by molar-refractivity contribution is 7.99. The predicted molar refractivity (Wildman–Crippen MR) is 120 cm³/mol. The molecule has 0 aliphatic carbocycles. The number of rotatable bonds is 7. The molecular weight excluding hydrogens is 434 g/mol. The summed E-state index contributed by atoms with van der Waals surface area (Å²) in [6.45, 7) is 2.23. The second kappa shape index (κ2) is 9.35. The minimum Gasteiger partial charge on any atom is -0.485 e. The van der Waals surface area contributed by atoms with Gasteiger partial charge >= 0.3 is 0 Å². The van der Waals surface area contributed by atoms with Gasteiger partial charge in [-0.05, 0) is 41.5 Å². The molecule has 9 heteroatoms. The molecule has 0 unspecified atom stereocenters. The van der Waals surface area contributed by atoms with Gasteiger partial charge in [-0.15, -0.1) is 10.2 Å². The van der Waals surface area contributed by atoms with Gasteiger partial charge in [0.15, 0.2) is 11.0 Å². The molecule has 1 heterocycles. The van der Waals surface area contributed by atoms with Gasteiger partial charge in [-0.3, -0.25) is 4.79 Å². The normalized spacial score (nSPS) is 11.0. The molecule has 164 valence electrons. The number of ether oxygens (including phenoxy) is 1. The summed E-state index contributed by atoms with van der Waals surface area (Å²) in [6.07, 6.45) is 0. The first kappa shape index (κ1) is 21.8. The Morgan fingerprint density at radius 1 is 1.12 bits per heavy atom. The number of anilines is 1. The van der Waals surface area contributed by atoms with Gasteiger partial charge in [-0.1, -0.05) is 42.1 Å². The maximum atomic E-state index is 13.7. The van der Waals surface area contributed by atoms with Crippen LogP contribution in [0.5, 0.6) is 5.75 Å². The molecule has 0 atom stereocenters. The zero-order valence-corrected chi connectivity index (χ0v) is 18.2. The van der Waals surface area contributed by atoms with E-state index in [4.69, 9.17) is 4.74 Å². The Kier molecular flexibility index (Phi) is 6.36. The Hall–Kier alpha value is -3.46. The van der Waals surface area contributed by atoms with Gasteiger partial charge in [-0.2, -0.15) is 0 Å². The van der Waals surface area contributed by atoms with E-state index in [1.807, 2.05) is 31.2 Å². The lowest BCUT2D eigenvalue weighted by Crippen LogP contribution is -2.15. The summed E-state index contributed by atoms with van der Waals surface area (Å²) in [5, 5.41) is 13.5. The smallest absolute Gasteiger partial charge is 0.234 e. The highest BCUT2D eigenvalue weighted by Crippen LogP contribution is 2.28. The first-order valence-corrected chi connectivity index (χ1v) is 10.8. The van der Waals surface area contributed by atoms with E-state index in [1.54, 1.807) is 11.6 Å². The van der Waals surface area contributed by atoms with Crippen molar-refractivity contribution in [1.29, 1.82) is 0 Å². The van der Waals surface area contributed by atoms with Crippen LogP contribution in [0.25, 0.3) is 10.8 Å². The van der Waals surface area contributed by atoms with Crippen LogP contribution in [0, 0.1) is 18.6 Å². The number of carbonyl (C=O) groups excluding carboxylic acids is 1. The SMILES string of the molecule is Cc1c(OCc2nnc(SCC(=O)Nc3ccc(F)cc3F)n2C)ccc2ccccc12. The zero-order chi connectivity index (χ0) is 22.7. The number of hydrogen-bond acceptors (Lipinski definition) is 5. The van der Waals surface area contributed by atoms with Crippen LogP contribution < -0.4 is 10.1 Å². The van der Waals surface area contributed by atoms with E-state index >= 15 is 0 Å². The average molecular weight is 455 g/mol. The molecule has 0 saturated heterocycles. The third kappa shape index (κ3) is 4.72. The standard InChI is InChI=1S/C23H20F2N4O2S/c1-14-17-6-4-3-5-15(17)7-10-20(14)31-12-21-27-28-23(29(21)2)32-13-22(30)26-19-9-8-16(24)11-18(19)25/h3-11H,12-13H2,1-2H3,(H,26,30). The van der Waals surface area contributed by atoms with Crippen molar-refractivity contribution in [1.82, 2.24) is 14.8 Å². The molecule has 4 rings (SSSR count). The summed E-state index contributed by atoms with van der Waals surface area (Å²) >= 11 is 1.16. The van der Waals surface area contributed by atoms with Crippen LogP contribution in [0.2, 0.25) is 0 Å². The number of fused-ring (bicyclic) bond motifs is 1. The average Bonchev–Trinajstić information content (AvgIpc) is 3.13. The minimum absolute atomic E-state index is 0.00652. The molecule has 4 aromatic rings. The lowest BCUT2D eigenvalue weighted by Gasteiger charge is -2.11. The van der Waals surface area contributed by atoms with E-state index in [-0.39, 0.29) is 18.0 Å². The van der Waals surface area contributed by atoms with E-state index in [0.717, 1.165) is 46.0 Å². The van der Waals surface area contributed by atoms with Gasteiger partial charge in [0.2, 0.25) is 5.91 Å². The zero-order valence-electron chi connectivity index (χ0n) is 17.4. The summed E-state index contributed by atoms with van der Waals surface area (Å²) in [6, 6.07) is 15.0. The summed E-state index contributed by atoms with van der Waals surface area (Å²) in [7, 11) is 1.78. The van der Waals surface area contributed by atoms with Gasteiger partial charge in [0.25, 0.3) is 0 Å². The van der Waals surface area contributed by atoms with Crippen molar-refractivity contribution in [2.75, 3.05) is 11.1 Å². The van der Waals surface area contributed by atoms with Gasteiger partial charge in [-0.25, -0.2) is 8.78 Å². The molecular formula is C23H20F2N4O2S. The molecule has 0 bridgehead atoms. The number of nitrogens with one attached hydrogen (secondary N) is 1. The number of aromatic nitrogens is 3.